The van der Waals surface area contributed by atoms with Crippen LogP contribution in [0.25, 0.3) is 0 Å². The normalized spacial score (nSPS) is 17.8. The number of aromatic nitrogens is 2. The lowest BCUT2D eigenvalue weighted by atomic mass is 10.1. The highest BCUT2D eigenvalue weighted by molar-refractivity contribution is 4.99. The van der Waals surface area contributed by atoms with Crippen molar-refractivity contribution in [2.75, 3.05) is 19.6 Å². The van der Waals surface area contributed by atoms with Crippen LogP contribution in [0.3, 0.4) is 0 Å². The Morgan fingerprint density at radius 3 is 2.58 bits per heavy atom. The number of rotatable bonds is 5. The van der Waals surface area contributed by atoms with E-state index in [-0.39, 0.29) is 5.54 Å². The summed E-state index contributed by atoms with van der Waals surface area (Å²) in [7, 11) is 0. The Labute approximate surface area is 117 Å². The van der Waals surface area contributed by atoms with E-state index in [1.807, 2.05) is 12.5 Å². The number of likely N-dealkylation sites (tertiary alicyclic amines) is 1. The van der Waals surface area contributed by atoms with Crippen LogP contribution < -0.4 is 5.32 Å². The summed E-state index contributed by atoms with van der Waals surface area (Å²) < 4.78 is 2.29. The van der Waals surface area contributed by atoms with E-state index < -0.39 is 0 Å². The topological polar surface area (TPSA) is 33.1 Å². The molecule has 1 aliphatic heterocycles. The molecule has 0 radical (unpaired) electrons. The minimum absolute atomic E-state index is 0.155. The SMILES string of the molecule is CC(C)(C)NCc1cncn1CCN1CCCCC1. The lowest BCUT2D eigenvalue weighted by Crippen LogP contribution is -2.36. The quantitative estimate of drug-likeness (QED) is 0.885. The number of piperidine rings is 1. The van der Waals surface area contributed by atoms with Crippen molar-refractivity contribution in [3.63, 3.8) is 0 Å². The molecule has 0 bridgehead atoms. The molecule has 0 amide bonds. The molecule has 1 fully saturated rings. The van der Waals surface area contributed by atoms with E-state index >= 15 is 0 Å². The monoisotopic (exact) mass is 264 g/mol. The first-order chi connectivity index (χ1) is 9.04. The molecular weight excluding hydrogens is 236 g/mol. The molecule has 4 heteroatoms. The third kappa shape index (κ3) is 4.96. The Balaban J connectivity index is 1.81. The molecule has 1 saturated heterocycles. The molecular formula is C15H28N4. The number of imidazole rings is 1. The van der Waals surface area contributed by atoms with Crippen LogP contribution in [-0.4, -0.2) is 39.6 Å². The first kappa shape index (κ1) is 14.5. The molecule has 108 valence electrons. The van der Waals surface area contributed by atoms with Gasteiger partial charge in [0.1, 0.15) is 0 Å². The second-order valence-electron chi connectivity index (χ2n) is 6.58. The Hall–Kier alpha value is -0.870. The van der Waals surface area contributed by atoms with Crippen LogP contribution in [0.1, 0.15) is 45.7 Å². The van der Waals surface area contributed by atoms with Crippen LogP contribution in [0.5, 0.6) is 0 Å². The van der Waals surface area contributed by atoms with Crippen molar-refractivity contribution in [2.45, 2.75) is 58.7 Å². The second kappa shape index (κ2) is 6.53. The van der Waals surface area contributed by atoms with Crippen molar-refractivity contribution in [1.29, 1.82) is 0 Å². The average molecular weight is 264 g/mol. The van der Waals surface area contributed by atoms with Gasteiger partial charge in [0.05, 0.1) is 12.0 Å². The van der Waals surface area contributed by atoms with Crippen molar-refractivity contribution in [2.24, 2.45) is 0 Å². The van der Waals surface area contributed by atoms with E-state index in [2.05, 4.69) is 40.5 Å². The van der Waals surface area contributed by atoms with Crippen molar-refractivity contribution >= 4 is 0 Å². The number of hydrogen-bond donors (Lipinski definition) is 1. The van der Waals surface area contributed by atoms with Crippen molar-refractivity contribution in [3.8, 4) is 0 Å². The van der Waals surface area contributed by atoms with Crippen LogP contribution >= 0.6 is 0 Å². The predicted octanol–water partition coefficient (Wildman–Crippen LogP) is 2.26. The fourth-order valence-electron chi connectivity index (χ4n) is 2.48. The summed E-state index contributed by atoms with van der Waals surface area (Å²) in [5.41, 5.74) is 1.44. The van der Waals surface area contributed by atoms with Gasteiger partial charge in [-0.2, -0.15) is 0 Å². The molecule has 4 nitrogen and oxygen atoms in total. The smallest absolute Gasteiger partial charge is 0.0949 e. The molecule has 0 atom stereocenters. The van der Waals surface area contributed by atoms with Crippen LogP contribution in [0.2, 0.25) is 0 Å². The zero-order valence-corrected chi connectivity index (χ0v) is 12.7. The van der Waals surface area contributed by atoms with Gasteiger partial charge in [0.25, 0.3) is 0 Å². The molecule has 0 spiro atoms. The molecule has 19 heavy (non-hydrogen) atoms. The van der Waals surface area contributed by atoms with Gasteiger partial charge in [-0.1, -0.05) is 6.42 Å². The minimum atomic E-state index is 0.155. The maximum absolute atomic E-state index is 4.29. The van der Waals surface area contributed by atoms with Gasteiger partial charge in [-0.05, 0) is 46.7 Å². The first-order valence-corrected chi connectivity index (χ1v) is 7.51. The first-order valence-electron chi connectivity index (χ1n) is 7.51. The highest BCUT2D eigenvalue weighted by Crippen LogP contribution is 2.09. The highest BCUT2D eigenvalue weighted by atomic mass is 15.2. The fourth-order valence-corrected chi connectivity index (χ4v) is 2.48. The summed E-state index contributed by atoms with van der Waals surface area (Å²) in [6, 6.07) is 0. The molecule has 0 saturated carbocycles. The average Bonchev–Trinajstić information content (AvgIpc) is 2.82. The molecule has 0 unspecified atom stereocenters. The van der Waals surface area contributed by atoms with Gasteiger partial charge in [0.2, 0.25) is 0 Å². The molecule has 1 N–H and O–H groups in total. The highest BCUT2D eigenvalue weighted by Gasteiger charge is 2.12. The fraction of sp³-hybridized carbons (Fsp3) is 0.800. The van der Waals surface area contributed by atoms with E-state index in [4.69, 9.17) is 0 Å². The van der Waals surface area contributed by atoms with E-state index in [1.165, 1.54) is 38.0 Å². The minimum Gasteiger partial charge on any atom is -0.332 e. The van der Waals surface area contributed by atoms with Gasteiger partial charge in [0, 0.05) is 31.4 Å². The van der Waals surface area contributed by atoms with Gasteiger partial charge >= 0.3 is 0 Å². The molecule has 1 aromatic rings. The van der Waals surface area contributed by atoms with Crippen LogP contribution in [0.4, 0.5) is 0 Å². The molecule has 2 heterocycles. The Morgan fingerprint density at radius 1 is 1.16 bits per heavy atom. The van der Waals surface area contributed by atoms with Crippen molar-refractivity contribution in [1.82, 2.24) is 19.8 Å². The van der Waals surface area contributed by atoms with Gasteiger partial charge in [0.15, 0.2) is 0 Å². The van der Waals surface area contributed by atoms with Gasteiger partial charge in [-0.25, -0.2) is 4.98 Å². The largest absolute Gasteiger partial charge is 0.332 e. The molecule has 2 rings (SSSR count). The summed E-state index contributed by atoms with van der Waals surface area (Å²) >= 11 is 0. The maximum Gasteiger partial charge on any atom is 0.0949 e. The van der Waals surface area contributed by atoms with E-state index in [1.54, 1.807) is 0 Å². The van der Waals surface area contributed by atoms with Crippen LogP contribution in [-0.2, 0) is 13.1 Å². The standard InChI is InChI=1S/C15H28N4/c1-15(2,3)17-12-14-11-16-13-19(14)10-9-18-7-5-4-6-8-18/h11,13,17H,4-10,12H2,1-3H3. The van der Waals surface area contributed by atoms with Crippen molar-refractivity contribution in [3.05, 3.63) is 18.2 Å². The number of nitrogens with zero attached hydrogens (tertiary/aromatic N) is 3. The van der Waals surface area contributed by atoms with Crippen molar-refractivity contribution < 1.29 is 0 Å². The maximum atomic E-state index is 4.29. The molecule has 0 aliphatic carbocycles. The Morgan fingerprint density at radius 2 is 1.89 bits per heavy atom. The summed E-state index contributed by atoms with van der Waals surface area (Å²) in [5.74, 6) is 0. The predicted molar refractivity (Wildman–Crippen MR) is 79.1 cm³/mol. The lowest BCUT2D eigenvalue weighted by molar-refractivity contribution is 0.220. The lowest BCUT2D eigenvalue weighted by Gasteiger charge is -2.27. The molecule has 0 aromatic carbocycles. The summed E-state index contributed by atoms with van der Waals surface area (Å²) in [5, 5.41) is 3.53. The zero-order chi connectivity index (χ0) is 13.7. The number of nitrogens with one attached hydrogen (secondary N) is 1. The molecule has 1 aliphatic rings. The van der Waals surface area contributed by atoms with Gasteiger partial charge in [-0.3, -0.25) is 0 Å². The second-order valence-corrected chi connectivity index (χ2v) is 6.58. The summed E-state index contributed by atoms with van der Waals surface area (Å²) in [6.45, 7) is 12.2. The third-order valence-electron chi connectivity index (χ3n) is 3.70. The summed E-state index contributed by atoms with van der Waals surface area (Å²) in [6.07, 6.45) is 8.08. The Bertz CT molecular complexity index is 372. The van der Waals surface area contributed by atoms with Crippen LogP contribution in [0, 0.1) is 0 Å². The van der Waals surface area contributed by atoms with Crippen LogP contribution in [0.15, 0.2) is 12.5 Å². The zero-order valence-electron chi connectivity index (χ0n) is 12.7. The molecule has 1 aromatic heterocycles. The van der Waals surface area contributed by atoms with E-state index in [0.717, 1.165) is 19.6 Å². The Kier molecular flexibility index (Phi) is 4.99. The van der Waals surface area contributed by atoms with E-state index in [0.29, 0.717) is 0 Å². The number of hydrogen-bond acceptors (Lipinski definition) is 3. The summed E-state index contributed by atoms with van der Waals surface area (Å²) in [4.78, 5) is 6.86. The van der Waals surface area contributed by atoms with Gasteiger partial charge in [-0.15, -0.1) is 0 Å². The van der Waals surface area contributed by atoms with E-state index in [9.17, 15) is 0 Å². The third-order valence-corrected chi connectivity index (χ3v) is 3.70. The van der Waals surface area contributed by atoms with Gasteiger partial charge < -0.3 is 14.8 Å².